The fraction of sp³-hybridized carbons (Fsp3) is 0.533. The standard InChI is InChI=1S/C15H21N3O3S/c16-15(19)13-5-1-2-6-14(13)18-9-3-4-11(10-18)17-22(20,21)12-7-8-12/h1-2,5-6,11-12,17H,3-4,7-10H2,(H2,16,19). The Morgan fingerprint density at radius 1 is 1.23 bits per heavy atom. The predicted octanol–water partition coefficient (Wildman–Crippen LogP) is 0.836. The van der Waals surface area contributed by atoms with E-state index in [9.17, 15) is 13.2 Å². The Morgan fingerprint density at radius 3 is 2.64 bits per heavy atom. The second-order valence-corrected chi connectivity index (χ2v) is 8.02. The van der Waals surface area contributed by atoms with Gasteiger partial charge in [-0.2, -0.15) is 0 Å². The number of carbonyl (C=O) groups excluding carboxylic acids is 1. The van der Waals surface area contributed by atoms with Gasteiger partial charge in [-0.25, -0.2) is 13.1 Å². The quantitative estimate of drug-likeness (QED) is 0.839. The number of carbonyl (C=O) groups is 1. The van der Waals surface area contributed by atoms with Gasteiger partial charge in [0, 0.05) is 24.8 Å². The van der Waals surface area contributed by atoms with E-state index in [2.05, 4.69) is 4.72 Å². The van der Waals surface area contributed by atoms with Crippen LogP contribution in [-0.4, -0.2) is 38.7 Å². The van der Waals surface area contributed by atoms with Crippen LogP contribution in [0.4, 0.5) is 5.69 Å². The van der Waals surface area contributed by atoms with Crippen molar-refractivity contribution in [1.29, 1.82) is 0 Å². The van der Waals surface area contributed by atoms with Crippen LogP contribution in [0.5, 0.6) is 0 Å². The summed E-state index contributed by atoms with van der Waals surface area (Å²) in [6.45, 7) is 1.36. The van der Waals surface area contributed by atoms with Gasteiger partial charge in [-0.15, -0.1) is 0 Å². The maximum absolute atomic E-state index is 12.1. The van der Waals surface area contributed by atoms with Gasteiger partial charge in [-0.3, -0.25) is 4.79 Å². The van der Waals surface area contributed by atoms with Gasteiger partial charge in [-0.05, 0) is 37.8 Å². The van der Waals surface area contributed by atoms with E-state index in [0.29, 0.717) is 12.1 Å². The smallest absolute Gasteiger partial charge is 0.250 e. The molecule has 6 nitrogen and oxygen atoms in total. The Hall–Kier alpha value is -1.60. The zero-order valence-corrected chi connectivity index (χ0v) is 13.2. The molecule has 1 unspecified atom stereocenters. The minimum atomic E-state index is -3.19. The Kier molecular flexibility index (Phi) is 4.10. The van der Waals surface area contributed by atoms with Crippen molar-refractivity contribution in [2.45, 2.75) is 37.0 Å². The molecule has 1 aliphatic heterocycles. The Labute approximate surface area is 130 Å². The molecule has 1 amide bonds. The third kappa shape index (κ3) is 3.25. The van der Waals surface area contributed by atoms with E-state index in [1.54, 1.807) is 12.1 Å². The van der Waals surface area contributed by atoms with Gasteiger partial charge in [0.05, 0.1) is 10.8 Å². The molecule has 0 radical (unpaired) electrons. The molecule has 0 bridgehead atoms. The highest BCUT2D eigenvalue weighted by molar-refractivity contribution is 7.90. The summed E-state index contributed by atoms with van der Waals surface area (Å²) >= 11 is 0. The molecule has 1 aromatic carbocycles. The molecule has 1 aliphatic carbocycles. The molecule has 7 heteroatoms. The van der Waals surface area contributed by atoms with Crippen LogP contribution in [0.3, 0.4) is 0 Å². The zero-order valence-electron chi connectivity index (χ0n) is 12.4. The van der Waals surface area contributed by atoms with Gasteiger partial charge in [0.15, 0.2) is 0 Å². The Bertz CT molecular complexity index is 670. The first-order chi connectivity index (χ1) is 10.5. The molecule has 1 atom stereocenters. The van der Waals surface area contributed by atoms with Crippen molar-refractivity contribution in [2.75, 3.05) is 18.0 Å². The number of para-hydroxylation sites is 1. The fourth-order valence-corrected chi connectivity index (χ4v) is 4.56. The third-order valence-electron chi connectivity index (χ3n) is 4.23. The molecule has 0 aromatic heterocycles. The Balaban J connectivity index is 1.74. The van der Waals surface area contributed by atoms with Crippen LogP contribution in [0.2, 0.25) is 0 Å². The first-order valence-corrected chi connectivity index (χ1v) is 9.17. The molecule has 1 aromatic rings. The van der Waals surface area contributed by atoms with E-state index in [4.69, 9.17) is 5.73 Å². The number of rotatable bonds is 5. The first-order valence-electron chi connectivity index (χ1n) is 7.62. The highest BCUT2D eigenvalue weighted by atomic mass is 32.2. The zero-order chi connectivity index (χ0) is 15.7. The number of sulfonamides is 1. The average Bonchev–Trinajstić information content (AvgIpc) is 3.32. The van der Waals surface area contributed by atoms with Gasteiger partial charge in [0.2, 0.25) is 10.0 Å². The molecule has 22 heavy (non-hydrogen) atoms. The third-order valence-corrected chi connectivity index (χ3v) is 6.24. The first kappa shape index (κ1) is 15.3. The fourth-order valence-electron chi connectivity index (χ4n) is 2.96. The summed E-state index contributed by atoms with van der Waals surface area (Å²) < 4.78 is 27.0. The van der Waals surface area contributed by atoms with Crippen LogP contribution in [0.1, 0.15) is 36.0 Å². The maximum Gasteiger partial charge on any atom is 0.250 e. The lowest BCUT2D eigenvalue weighted by Gasteiger charge is -2.35. The molecule has 3 rings (SSSR count). The largest absolute Gasteiger partial charge is 0.369 e. The number of anilines is 1. The second-order valence-electron chi connectivity index (χ2n) is 6.03. The number of piperidine rings is 1. The highest BCUT2D eigenvalue weighted by Crippen LogP contribution is 2.29. The molecular formula is C15H21N3O3S. The molecule has 2 aliphatic rings. The predicted molar refractivity (Wildman–Crippen MR) is 85.3 cm³/mol. The van der Waals surface area contributed by atoms with E-state index in [1.165, 1.54) is 0 Å². The van der Waals surface area contributed by atoms with Crippen molar-refractivity contribution in [3.63, 3.8) is 0 Å². The lowest BCUT2D eigenvalue weighted by molar-refractivity contribution is 0.100. The summed E-state index contributed by atoms with van der Waals surface area (Å²) in [4.78, 5) is 13.6. The molecule has 120 valence electrons. The van der Waals surface area contributed by atoms with Gasteiger partial charge in [0.25, 0.3) is 5.91 Å². The van der Waals surface area contributed by atoms with E-state index >= 15 is 0 Å². The summed E-state index contributed by atoms with van der Waals surface area (Å²) in [6, 6.07) is 7.09. The number of nitrogens with zero attached hydrogens (tertiary/aromatic N) is 1. The summed E-state index contributed by atoms with van der Waals surface area (Å²) in [5.74, 6) is -0.462. The van der Waals surface area contributed by atoms with E-state index in [0.717, 1.165) is 37.9 Å². The summed E-state index contributed by atoms with van der Waals surface area (Å²) in [6.07, 6.45) is 3.22. The lowest BCUT2D eigenvalue weighted by atomic mass is 10.0. The average molecular weight is 323 g/mol. The Morgan fingerprint density at radius 2 is 1.95 bits per heavy atom. The minimum absolute atomic E-state index is 0.111. The van der Waals surface area contributed by atoms with Crippen molar-refractivity contribution in [1.82, 2.24) is 4.72 Å². The number of nitrogens with two attached hydrogens (primary N) is 1. The number of hydrogen-bond donors (Lipinski definition) is 2. The van der Waals surface area contributed by atoms with Crippen molar-refractivity contribution in [3.05, 3.63) is 29.8 Å². The van der Waals surface area contributed by atoms with Crippen LogP contribution in [-0.2, 0) is 10.0 Å². The number of primary amides is 1. The van der Waals surface area contributed by atoms with Crippen LogP contribution in [0, 0.1) is 0 Å². The molecule has 3 N–H and O–H groups in total. The normalized spacial score (nSPS) is 22.5. The van der Waals surface area contributed by atoms with Gasteiger partial charge < -0.3 is 10.6 Å². The topological polar surface area (TPSA) is 92.5 Å². The molecule has 1 heterocycles. The van der Waals surface area contributed by atoms with Crippen LogP contribution < -0.4 is 15.4 Å². The van der Waals surface area contributed by atoms with Crippen molar-refractivity contribution >= 4 is 21.6 Å². The van der Waals surface area contributed by atoms with Gasteiger partial charge in [0.1, 0.15) is 0 Å². The molecule has 0 spiro atoms. The number of hydrogen-bond acceptors (Lipinski definition) is 4. The number of benzene rings is 1. The summed E-state index contributed by atoms with van der Waals surface area (Å²) in [5.41, 5.74) is 6.69. The van der Waals surface area contributed by atoms with Gasteiger partial charge in [-0.1, -0.05) is 12.1 Å². The monoisotopic (exact) mass is 323 g/mol. The van der Waals surface area contributed by atoms with Crippen molar-refractivity contribution in [2.24, 2.45) is 5.73 Å². The van der Waals surface area contributed by atoms with Crippen molar-refractivity contribution in [3.8, 4) is 0 Å². The van der Waals surface area contributed by atoms with Crippen molar-refractivity contribution < 1.29 is 13.2 Å². The SMILES string of the molecule is NC(=O)c1ccccc1N1CCCC(NS(=O)(=O)C2CC2)C1. The van der Waals surface area contributed by atoms with E-state index < -0.39 is 15.9 Å². The van der Waals surface area contributed by atoms with Crippen LogP contribution in [0.15, 0.2) is 24.3 Å². The highest BCUT2D eigenvalue weighted by Gasteiger charge is 2.37. The van der Waals surface area contributed by atoms with Crippen LogP contribution in [0.25, 0.3) is 0 Å². The lowest BCUT2D eigenvalue weighted by Crippen LogP contribution is -2.48. The van der Waals surface area contributed by atoms with Crippen LogP contribution >= 0.6 is 0 Å². The molecule has 1 saturated carbocycles. The van der Waals surface area contributed by atoms with E-state index in [-0.39, 0.29) is 11.3 Å². The second kappa shape index (κ2) is 5.89. The number of nitrogens with one attached hydrogen (secondary N) is 1. The molecular weight excluding hydrogens is 302 g/mol. The minimum Gasteiger partial charge on any atom is -0.369 e. The van der Waals surface area contributed by atoms with Gasteiger partial charge >= 0.3 is 0 Å². The number of amides is 1. The van der Waals surface area contributed by atoms with E-state index in [1.807, 2.05) is 17.0 Å². The molecule has 2 fully saturated rings. The summed E-state index contributed by atoms with van der Waals surface area (Å²) in [5, 5.41) is -0.208. The summed E-state index contributed by atoms with van der Waals surface area (Å²) in [7, 11) is -3.19. The molecule has 1 saturated heterocycles. The maximum atomic E-state index is 12.1.